The van der Waals surface area contributed by atoms with E-state index in [-0.39, 0.29) is 5.91 Å². The Morgan fingerprint density at radius 2 is 1.91 bits per heavy atom. The van der Waals surface area contributed by atoms with Crippen LogP contribution < -0.4 is 14.8 Å². The summed E-state index contributed by atoms with van der Waals surface area (Å²) in [6.45, 7) is 0.472. The zero-order valence-electron chi connectivity index (χ0n) is 12.9. The minimum absolute atomic E-state index is 0.0678. The highest BCUT2D eigenvalue weighted by Crippen LogP contribution is 2.28. The van der Waals surface area contributed by atoms with E-state index in [4.69, 9.17) is 9.47 Å². The van der Waals surface area contributed by atoms with Crippen LogP contribution in [0.1, 0.15) is 38.5 Å². The zero-order chi connectivity index (χ0) is 15.8. The molecule has 118 valence electrons. The number of nitriles is 1. The third-order valence-corrected chi connectivity index (χ3v) is 3.93. The highest BCUT2D eigenvalue weighted by molar-refractivity contribution is 5.77. The second kappa shape index (κ2) is 7.69. The molecule has 0 radical (unpaired) electrons. The summed E-state index contributed by atoms with van der Waals surface area (Å²) in [4.78, 5) is 11.9. The van der Waals surface area contributed by atoms with E-state index < -0.39 is 5.54 Å². The molecule has 1 fully saturated rings. The number of nitrogens with zero attached hydrogens (tertiary/aromatic N) is 1. The lowest BCUT2D eigenvalue weighted by Crippen LogP contribution is -2.45. The Balaban J connectivity index is 1.67. The molecule has 1 saturated carbocycles. The normalized spacial score (nSPS) is 15.8. The molecule has 2 rings (SSSR count). The molecule has 0 spiro atoms. The molecule has 1 aromatic rings. The number of rotatable bonds is 7. The molecule has 1 aliphatic rings. The van der Waals surface area contributed by atoms with Crippen LogP contribution in [0.15, 0.2) is 24.3 Å². The van der Waals surface area contributed by atoms with Crippen LogP contribution in [0.25, 0.3) is 0 Å². The Morgan fingerprint density at radius 1 is 1.27 bits per heavy atom. The van der Waals surface area contributed by atoms with Gasteiger partial charge in [-0.15, -0.1) is 0 Å². The van der Waals surface area contributed by atoms with E-state index in [1.165, 1.54) is 0 Å². The fourth-order valence-corrected chi connectivity index (χ4v) is 2.67. The second-order valence-electron chi connectivity index (χ2n) is 5.58. The smallest absolute Gasteiger partial charge is 0.221 e. The Bertz CT molecular complexity index is 528. The van der Waals surface area contributed by atoms with E-state index in [1.807, 2.05) is 24.3 Å². The van der Waals surface area contributed by atoms with Crippen LogP contribution in [-0.2, 0) is 4.79 Å². The van der Waals surface area contributed by atoms with Gasteiger partial charge in [0.15, 0.2) is 0 Å². The second-order valence-corrected chi connectivity index (χ2v) is 5.58. The molecule has 1 aromatic carbocycles. The van der Waals surface area contributed by atoms with E-state index in [0.717, 1.165) is 37.2 Å². The predicted octanol–water partition coefficient (Wildman–Crippen LogP) is 2.81. The lowest BCUT2D eigenvalue weighted by molar-refractivity contribution is -0.122. The van der Waals surface area contributed by atoms with Gasteiger partial charge in [0.05, 0.1) is 19.8 Å². The van der Waals surface area contributed by atoms with Crippen molar-refractivity contribution in [3.63, 3.8) is 0 Å². The van der Waals surface area contributed by atoms with Gasteiger partial charge >= 0.3 is 0 Å². The zero-order valence-corrected chi connectivity index (χ0v) is 12.9. The van der Waals surface area contributed by atoms with Crippen LogP contribution in [0, 0.1) is 11.3 Å². The molecule has 1 aliphatic carbocycles. The highest BCUT2D eigenvalue weighted by Gasteiger charge is 2.34. The summed E-state index contributed by atoms with van der Waals surface area (Å²) in [5.74, 6) is 1.47. The SMILES string of the molecule is COc1ccc(OCCCC(=O)NC2(C#N)CCCC2)cc1. The average Bonchev–Trinajstić information content (AvgIpc) is 3.01. The Morgan fingerprint density at radius 3 is 2.50 bits per heavy atom. The quantitative estimate of drug-likeness (QED) is 0.786. The Labute approximate surface area is 131 Å². The number of hydrogen-bond donors (Lipinski definition) is 1. The number of carbonyl (C=O) groups is 1. The average molecular weight is 302 g/mol. The van der Waals surface area contributed by atoms with Gasteiger partial charge in [0.1, 0.15) is 17.0 Å². The minimum atomic E-state index is -0.631. The summed E-state index contributed by atoms with van der Waals surface area (Å²) < 4.78 is 10.7. The van der Waals surface area contributed by atoms with E-state index in [2.05, 4.69) is 11.4 Å². The van der Waals surface area contributed by atoms with Crippen molar-refractivity contribution in [1.29, 1.82) is 5.26 Å². The standard InChI is InChI=1S/C17H22N2O3/c1-21-14-6-8-15(9-7-14)22-12-4-5-16(20)19-17(13-18)10-2-3-11-17/h6-9H,2-5,10-12H2,1H3,(H,19,20). The third-order valence-electron chi connectivity index (χ3n) is 3.93. The lowest BCUT2D eigenvalue weighted by atomic mass is 9.99. The van der Waals surface area contributed by atoms with Gasteiger partial charge in [-0.2, -0.15) is 5.26 Å². The van der Waals surface area contributed by atoms with Crippen molar-refractivity contribution in [2.24, 2.45) is 0 Å². The molecule has 0 unspecified atom stereocenters. The maximum Gasteiger partial charge on any atom is 0.221 e. The van der Waals surface area contributed by atoms with E-state index in [1.54, 1.807) is 7.11 Å². The van der Waals surface area contributed by atoms with Crippen LogP contribution in [0.2, 0.25) is 0 Å². The summed E-state index contributed by atoms with van der Waals surface area (Å²) in [5.41, 5.74) is -0.631. The van der Waals surface area contributed by atoms with Crippen molar-refractivity contribution in [2.75, 3.05) is 13.7 Å². The van der Waals surface area contributed by atoms with Gasteiger partial charge < -0.3 is 14.8 Å². The van der Waals surface area contributed by atoms with E-state index >= 15 is 0 Å². The predicted molar refractivity (Wildman–Crippen MR) is 82.7 cm³/mol. The number of methoxy groups -OCH3 is 1. The molecule has 22 heavy (non-hydrogen) atoms. The van der Waals surface area contributed by atoms with Gasteiger partial charge in [-0.05, 0) is 56.4 Å². The van der Waals surface area contributed by atoms with Crippen molar-refractivity contribution in [3.8, 4) is 17.6 Å². The van der Waals surface area contributed by atoms with Gasteiger partial charge in [0.25, 0.3) is 0 Å². The van der Waals surface area contributed by atoms with Gasteiger partial charge in [-0.25, -0.2) is 0 Å². The molecule has 0 saturated heterocycles. The van der Waals surface area contributed by atoms with Crippen LogP contribution in [0.3, 0.4) is 0 Å². The molecule has 0 aromatic heterocycles. The number of nitrogens with one attached hydrogen (secondary N) is 1. The van der Waals surface area contributed by atoms with Gasteiger partial charge in [-0.3, -0.25) is 4.79 Å². The Hall–Kier alpha value is -2.22. The number of hydrogen-bond acceptors (Lipinski definition) is 4. The van der Waals surface area contributed by atoms with Gasteiger partial charge in [0.2, 0.25) is 5.91 Å². The van der Waals surface area contributed by atoms with Gasteiger partial charge in [-0.1, -0.05) is 0 Å². The largest absolute Gasteiger partial charge is 0.497 e. The molecule has 5 nitrogen and oxygen atoms in total. The molecule has 1 N–H and O–H groups in total. The van der Waals surface area contributed by atoms with Crippen LogP contribution in [0.4, 0.5) is 0 Å². The van der Waals surface area contributed by atoms with Crippen LogP contribution in [0.5, 0.6) is 11.5 Å². The third kappa shape index (κ3) is 4.39. The van der Waals surface area contributed by atoms with Crippen molar-refractivity contribution in [3.05, 3.63) is 24.3 Å². The molecule has 5 heteroatoms. The lowest BCUT2D eigenvalue weighted by Gasteiger charge is -2.21. The fourth-order valence-electron chi connectivity index (χ4n) is 2.67. The number of ether oxygens (including phenoxy) is 2. The molecular weight excluding hydrogens is 280 g/mol. The summed E-state index contributed by atoms with van der Waals surface area (Å²) in [6, 6.07) is 9.60. The minimum Gasteiger partial charge on any atom is -0.497 e. The van der Waals surface area contributed by atoms with Crippen molar-refractivity contribution in [1.82, 2.24) is 5.32 Å². The van der Waals surface area contributed by atoms with E-state index in [9.17, 15) is 10.1 Å². The topological polar surface area (TPSA) is 71.3 Å². The molecule has 0 bridgehead atoms. The maximum absolute atomic E-state index is 11.9. The van der Waals surface area contributed by atoms with Crippen molar-refractivity contribution in [2.45, 2.75) is 44.1 Å². The maximum atomic E-state index is 11.9. The molecule has 0 heterocycles. The number of carbonyl (C=O) groups excluding carboxylic acids is 1. The monoisotopic (exact) mass is 302 g/mol. The first-order valence-electron chi connectivity index (χ1n) is 7.66. The first kappa shape index (κ1) is 16.2. The van der Waals surface area contributed by atoms with Gasteiger partial charge in [0, 0.05) is 6.42 Å². The number of benzene rings is 1. The van der Waals surface area contributed by atoms with Crippen LogP contribution >= 0.6 is 0 Å². The summed E-state index contributed by atoms with van der Waals surface area (Å²) >= 11 is 0. The fraction of sp³-hybridized carbons (Fsp3) is 0.529. The molecule has 1 amide bonds. The first-order valence-corrected chi connectivity index (χ1v) is 7.66. The van der Waals surface area contributed by atoms with Crippen molar-refractivity contribution < 1.29 is 14.3 Å². The summed E-state index contributed by atoms with van der Waals surface area (Å²) in [5, 5.41) is 12.1. The molecule has 0 aliphatic heterocycles. The molecule has 0 atom stereocenters. The highest BCUT2D eigenvalue weighted by atomic mass is 16.5. The first-order chi connectivity index (χ1) is 10.7. The summed E-state index contributed by atoms with van der Waals surface area (Å²) in [6.07, 6.45) is 4.54. The summed E-state index contributed by atoms with van der Waals surface area (Å²) in [7, 11) is 1.62. The molecular formula is C17H22N2O3. The van der Waals surface area contributed by atoms with Crippen LogP contribution in [-0.4, -0.2) is 25.2 Å². The van der Waals surface area contributed by atoms with Crippen molar-refractivity contribution >= 4 is 5.91 Å². The number of amides is 1. The Kier molecular flexibility index (Phi) is 5.65. The van der Waals surface area contributed by atoms with E-state index in [0.29, 0.717) is 19.4 Å².